The molecule has 0 radical (unpaired) electrons. The highest BCUT2D eigenvalue weighted by Crippen LogP contribution is 2.18. The van der Waals surface area contributed by atoms with E-state index in [1.165, 1.54) is 11.1 Å². The van der Waals surface area contributed by atoms with E-state index in [1.54, 1.807) is 10.9 Å². The fourth-order valence-corrected chi connectivity index (χ4v) is 1.63. The Morgan fingerprint density at radius 2 is 2.00 bits per heavy atom. The van der Waals surface area contributed by atoms with Crippen LogP contribution in [0.15, 0.2) is 18.5 Å². The van der Waals surface area contributed by atoms with Crippen LogP contribution in [0.3, 0.4) is 0 Å². The third-order valence-electron chi connectivity index (χ3n) is 2.73. The van der Waals surface area contributed by atoms with Crippen molar-refractivity contribution in [2.24, 2.45) is 0 Å². The Morgan fingerprint density at radius 1 is 1.33 bits per heavy atom. The number of fused-ring (bicyclic) bond motifs is 1. The molecule has 2 aromatic rings. The fraction of sp³-hybridized carbons (Fsp3) is 0.333. The first-order valence-corrected chi connectivity index (χ1v) is 5.11. The van der Waals surface area contributed by atoms with Gasteiger partial charge in [0.2, 0.25) is 5.91 Å². The molecular formula is C12H14N2O. The summed E-state index contributed by atoms with van der Waals surface area (Å²) in [5.74, 6) is 0.0840. The number of hydrogen-bond donors (Lipinski definition) is 0. The van der Waals surface area contributed by atoms with Crippen LogP contribution in [0, 0.1) is 13.8 Å². The van der Waals surface area contributed by atoms with Crippen molar-refractivity contribution in [2.45, 2.75) is 27.2 Å². The maximum absolute atomic E-state index is 11.6. The first-order chi connectivity index (χ1) is 7.13. The molecule has 0 N–H and O–H groups in total. The third kappa shape index (κ3) is 1.54. The van der Waals surface area contributed by atoms with Crippen LogP contribution in [0.25, 0.3) is 11.0 Å². The molecule has 0 aliphatic heterocycles. The van der Waals surface area contributed by atoms with Gasteiger partial charge in [0, 0.05) is 6.42 Å². The van der Waals surface area contributed by atoms with E-state index in [4.69, 9.17) is 0 Å². The minimum atomic E-state index is 0.0840. The lowest BCUT2D eigenvalue weighted by Gasteiger charge is -2.02. The fourth-order valence-electron chi connectivity index (χ4n) is 1.63. The number of rotatable bonds is 1. The molecule has 2 rings (SSSR count). The van der Waals surface area contributed by atoms with Crippen LogP contribution in [0.4, 0.5) is 0 Å². The van der Waals surface area contributed by atoms with Gasteiger partial charge in [-0.3, -0.25) is 9.36 Å². The number of imidazole rings is 1. The topological polar surface area (TPSA) is 34.9 Å². The van der Waals surface area contributed by atoms with Gasteiger partial charge in [0.25, 0.3) is 0 Å². The van der Waals surface area contributed by atoms with Crippen LogP contribution in [0.5, 0.6) is 0 Å². The summed E-state index contributed by atoms with van der Waals surface area (Å²) in [4.78, 5) is 15.8. The molecule has 3 heteroatoms. The smallest absolute Gasteiger partial charge is 0.232 e. The highest BCUT2D eigenvalue weighted by Gasteiger charge is 2.08. The summed E-state index contributed by atoms with van der Waals surface area (Å²) < 4.78 is 1.63. The molecule has 0 saturated carbocycles. The lowest BCUT2D eigenvalue weighted by molar-refractivity contribution is 0.0913. The second-order valence-corrected chi connectivity index (χ2v) is 3.79. The van der Waals surface area contributed by atoms with Crippen molar-refractivity contribution in [1.82, 2.24) is 9.55 Å². The average Bonchev–Trinajstić information content (AvgIpc) is 2.61. The van der Waals surface area contributed by atoms with Gasteiger partial charge in [-0.2, -0.15) is 0 Å². The predicted molar refractivity (Wildman–Crippen MR) is 60.1 cm³/mol. The molecule has 1 aromatic heterocycles. The SMILES string of the molecule is CCC(=O)n1cnc2cc(C)c(C)cc21. The van der Waals surface area contributed by atoms with Gasteiger partial charge >= 0.3 is 0 Å². The summed E-state index contributed by atoms with van der Waals surface area (Å²) >= 11 is 0. The summed E-state index contributed by atoms with van der Waals surface area (Å²) in [6, 6.07) is 4.04. The molecule has 0 amide bonds. The Bertz CT molecular complexity index is 526. The van der Waals surface area contributed by atoms with Crippen LogP contribution in [0.2, 0.25) is 0 Å². The van der Waals surface area contributed by atoms with Gasteiger partial charge in [0.1, 0.15) is 6.33 Å². The Morgan fingerprint density at radius 3 is 2.67 bits per heavy atom. The molecule has 0 spiro atoms. The van der Waals surface area contributed by atoms with Gasteiger partial charge in [-0.1, -0.05) is 6.92 Å². The number of nitrogens with zero attached hydrogens (tertiary/aromatic N) is 2. The molecule has 78 valence electrons. The van der Waals surface area contributed by atoms with Crippen LogP contribution >= 0.6 is 0 Å². The molecule has 15 heavy (non-hydrogen) atoms. The van der Waals surface area contributed by atoms with Crippen LogP contribution in [-0.4, -0.2) is 15.5 Å². The normalized spacial score (nSPS) is 10.9. The third-order valence-corrected chi connectivity index (χ3v) is 2.73. The molecule has 0 unspecified atom stereocenters. The quantitative estimate of drug-likeness (QED) is 0.712. The molecule has 0 bridgehead atoms. The van der Waals surface area contributed by atoms with Gasteiger partial charge in [-0.05, 0) is 37.1 Å². The molecular weight excluding hydrogens is 188 g/mol. The zero-order valence-electron chi connectivity index (χ0n) is 9.24. The van der Waals surface area contributed by atoms with Gasteiger partial charge in [0.15, 0.2) is 0 Å². The van der Waals surface area contributed by atoms with E-state index in [0.717, 1.165) is 11.0 Å². The Balaban J connectivity index is 2.69. The minimum Gasteiger partial charge on any atom is -0.274 e. The lowest BCUT2D eigenvalue weighted by Crippen LogP contribution is -2.07. The Labute approximate surface area is 88.7 Å². The summed E-state index contributed by atoms with van der Waals surface area (Å²) in [7, 11) is 0. The van der Waals surface area contributed by atoms with Crippen molar-refractivity contribution in [1.29, 1.82) is 0 Å². The zero-order chi connectivity index (χ0) is 11.0. The van der Waals surface area contributed by atoms with E-state index >= 15 is 0 Å². The van der Waals surface area contributed by atoms with Crippen molar-refractivity contribution >= 4 is 16.9 Å². The molecule has 0 fully saturated rings. The number of benzene rings is 1. The summed E-state index contributed by atoms with van der Waals surface area (Å²) in [6.45, 7) is 5.95. The van der Waals surface area contributed by atoms with Gasteiger partial charge < -0.3 is 0 Å². The molecule has 0 aliphatic carbocycles. The first-order valence-electron chi connectivity index (χ1n) is 5.11. The van der Waals surface area contributed by atoms with E-state index < -0.39 is 0 Å². The van der Waals surface area contributed by atoms with Crippen molar-refractivity contribution < 1.29 is 4.79 Å². The number of carbonyl (C=O) groups is 1. The average molecular weight is 202 g/mol. The summed E-state index contributed by atoms with van der Waals surface area (Å²) in [5.41, 5.74) is 4.19. The second kappa shape index (κ2) is 3.50. The maximum atomic E-state index is 11.6. The van der Waals surface area contributed by atoms with Crippen molar-refractivity contribution in [3.8, 4) is 0 Å². The molecule has 1 aromatic carbocycles. The van der Waals surface area contributed by atoms with Crippen molar-refractivity contribution in [3.63, 3.8) is 0 Å². The monoisotopic (exact) mass is 202 g/mol. The summed E-state index contributed by atoms with van der Waals surface area (Å²) in [6.07, 6.45) is 2.10. The van der Waals surface area contributed by atoms with Crippen LogP contribution in [0.1, 0.15) is 29.3 Å². The second-order valence-electron chi connectivity index (χ2n) is 3.79. The maximum Gasteiger partial charge on any atom is 0.232 e. The predicted octanol–water partition coefficient (Wildman–Crippen LogP) is 2.70. The van der Waals surface area contributed by atoms with Crippen molar-refractivity contribution in [2.75, 3.05) is 0 Å². The minimum absolute atomic E-state index is 0.0840. The van der Waals surface area contributed by atoms with E-state index in [2.05, 4.69) is 11.9 Å². The van der Waals surface area contributed by atoms with Crippen LogP contribution in [-0.2, 0) is 0 Å². The number of carbonyl (C=O) groups excluding carboxylic acids is 1. The Kier molecular flexibility index (Phi) is 2.31. The first kappa shape index (κ1) is 9.90. The molecule has 3 nitrogen and oxygen atoms in total. The van der Waals surface area contributed by atoms with E-state index in [9.17, 15) is 4.79 Å². The number of aromatic nitrogens is 2. The van der Waals surface area contributed by atoms with Gasteiger partial charge in [0.05, 0.1) is 11.0 Å². The number of aryl methyl sites for hydroxylation is 2. The number of hydrogen-bond acceptors (Lipinski definition) is 2. The van der Waals surface area contributed by atoms with E-state index in [1.807, 2.05) is 26.0 Å². The highest BCUT2D eigenvalue weighted by atomic mass is 16.2. The molecule has 0 atom stereocenters. The Hall–Kier alpha value is -1.64. The van der Waals surface area contributed by atoms with Gasteiger partial charge in [-0.15, -0.1) is 0 Å². The van der Waals surface area contributed by atoms with E-state index in [-0.39, 0.29) is 5.91 Å². The molecule has 0 saturated heterocycles. The summed E-state index contributed by atoms with van der Waals surface area (Å²) in [5, 5.41) is 0. The zero-order valence-corrected chi connectivity index (χ0v) is 9.24. The molecule has 1 heterocycles. The lowest BCUT2D eigenvalue weighted by atomic mass is 10.1. The van der Waals surface area contributed by atoms with Gasteiger partial charge in [-0.25, -0.2) is 4.98 Å². The highest BCUT2D eigenvalue weighted by molar-refractivity contribution is 5.90. The molecule has 0 aliphatic rings. The standard InChI is InChI=1S/C12H14N2O/c1-4-12(15)14-7-13-10-5-8(2)9(3)6-11(10)14/h5-7H,4H2,1-3H3. The van der Waals surface area contributed by atoms with Crippen molar-refractivity contribution in [3.05, 3.63) is 29.6 Å². The van der Waals surface area contributed by atoms with Crippen LogP contribution < -0.4 is 0 Å². The largest absolute Gasteiger partial charge is 0.274 e. The van der Waals surface area contributed by atoms with E-state index in [0.29, 0.717) is 6.42 Å².